The number of nitrogens with one attached hydrogen (secondary N) is 1. The molecule has 0 fully saturated rings. The summed E-state index contributed by atoms with van der Waals surface area (Å²) in [5, 5.41) is 2.95. The van der Waals surface area contributed by atoms with Crippen LogP contribution >= 0.6 is 0 Å². The summed E-state index contributed by atoms with van der Waals surface area (Å²) in [6.07, 6.45) is -0.0661. The highest BCUT2D eigenvalue weighted by molar-refractivity contribution is 5.95. The minimum Gasteiger partial charge on any atom is -0.473 e. The fourth-order valence-electron chi connectivity index (χ4n) is 2.68. The van der Waals surface area contributed by atoms with Crippen LogP contribution in [0.2, 0.25) is 0 Å². The van der Waals surface area contributed by atoms with Crippen molar-refractivity contribution in [1.82, 2.24) is 20.3 Å². The van der Waals surface area contributed by atoms with E-state index in [2.05, 4.69) is 20.3 Å². The summed E-state index contributed by atoms with van der Waals surface area (Å²) in [6.45, 7) is 9.67. The van der Waals surface area contributed by atoms with Gasteiger partial charge in [-0.05, 0) is 58.9 Å². The lowest BCUT2D eigenvalue weighted by Gasteiger charge is -2.20. The normalized spacial score (nSPS) is 11.6. The minimum atomic E-state index is -0.287. The number of benzene rings is 1. The number of carbonyl (C=O) groups is 1. The van der Waals surface area contributed by atoms with Gasteiger partial charge in [0.1, 0.15) is 0 Å². The van der Waals surface area contributed by atoms with Gasteiger partial charge in [0.05, 0.1) is 17.3 Å². The number of ether oxygens (including phenoxy) is 1. The number of rotatable bonds is 4. The van der Waals surface area contributed by atoms with Crippen LogP contribution < -0.4 is 15.8 Å². The first-order chi connectivity index (χ1) is 13.1. The number of hydrogen-bond acceptors (Lipinski definition) is 6. The molecule has 0 spiro atoms. The molecular weight excluding hydrogens is 354 g/mol. The maximum atomic E-state index is 12.3. The van der Waals surface area contributed by atoms with E-state index in [9.17, 15) is 4.79 Å². The van der Waals surface area contributed by atoms with Crippen molar-refractivity contribution in [2.75, 3.05) is 5.73 Å². The van der Waals surface area contributed by atoms with Crippen LogP contribution in [0, 0.1) is 0 Å². The Hall–Kier alpha value is -3.22. The SMILES string of the molecule is CC(C)Oc1nc(N)nc2ccc(-c3ccc(C(=O)NC(C)(C)C)cc3)nc12.[HH]. The third-order valence-corrected chi connectivity index (χ3v) is 3.81. The number of carbonyl (C=O) groups excluding carboxylic acids is 1. The number of hydrogen-bond donors (Lipinski definition) is 2. The number of fused-ring (bicyclic) bond motifs is 1. The van der Waals surface area contributed by atoms with Crippen LogP contribution in [0.3, 0.4) is 0 Å². The standard InChI is InChI=1S/C21H25N5O2.H2/c1-12(2)28-19-17-16(24-20(22)25-19)11-10-15(23-17)13-6-8-14(9-7-13)18(27)26-21(3,4)5;/h6-12H,1-5H3,(H,26,27)(H2,22,24,25);1H. The molecule has 0 radical (unpaired) electrons. The first kappa shape index (κ1) is 19.5. The maximum Gasteiger partial charge on any atom is 0.251 e. The molecular formula is C21H27N5O2. The lowest BCUT2D eigenvalue weighted by Crippen LogP contribution is -2.40. The Bertz CT molecular complexity index is 1010. The zero-order valence-corrected chi connectivity index (χ0v) is 16.8. The predicted molar refractivity (Wildman–Crippen MR) is 112 cm³/mol. The molecule has 1 amide bonds. The molecule has 0 saturated heterocycles. The Balaban J connectivity index is 0.00000300. The van der Waals surface area contributed by atoms with Crippen LogP contribution in [0.15, 0.2) is 36.4 Å². The predicted octanol–water partition coefficient (Wildman–Crippen LogP) is 3.84. The van der Waals surface area contributed by atoms with Gasteiger partial charge < -0.3 is 15.8 Å². The molecule has 2 heterocycles. The second-order valence-electron chi connectivity index (χ2n) is 7.90. The van der Waals surface area contributed by atoms with Crippen molar-refractivity contribution in [3.05, 3.63) is 42.0 Å². The van der Waals surface area contributed by atoms with E-state index in [1.54, 1.807) is 12.1 Å². The third-order valence-electron chi connectivity index (χ3n) is 3.81. The Morgan fingerprint density at radius 2 is 1.75 bits per heavy atom. The molecule has 0 bridgehead atoms. The van der Waals surface area contributed by atoms with Gasteiger partial charge in [-0.25, -0.2) is 9.97 Å². The van der Waals surface area contributed by atoms with Gasteiger partial charge in [-0.1, -0.05) is 12.1 Å². The van der Waals surface area contributed by atoms with Crippen LogP contribution in [0.4, 0.5) is 5.95 Å². The smallest absolute Gasteiger partial charge is 0.251 e. The average Bonchev–Trinajstić information content (AvgIpc) is 2.59. The minimum absolute atomic E-state index is 0. The quantitative estimate of drug-likeness (QED) is 0.712. The van der Waals surface area contributed by atoms with E-state index in [-0.39, 0.29) is 24.9 Å². The molecule has 2 aromatic heterocycles. The van der Waals surface area contributed by atoms with Crippen molar-refractivity contribution in [1.29, 1.82) is 0 Å². The summed E-state index contributed by atoms with van der Waals surface area (Å²) in [4.78, 5) is 25.4. The molecule has 0 saturated carbocycles. The van der Waals surface area contributed by atoms with E-state index in [1.165, 1.54) is 0 Å². The molecule has 0 aliphatic rings. The fourth-order valence-corrected chi connectivity index (χ4v) is 2.68. The molecule has 28 heavy (non-hydrogen) atoms. The van der Waals surface area contributed by atoms with Crippen LogP contribution in [-0.4, -0.2) is 32.5 Å². The number of nitrogens with zero attached hydrogens (tertiary/aromatic N) is 3. The van der Waals surface area contributed by atoms with Gasteiger partial charge >= 0.3 is 0 Å². The van der Waals surface area contributed by atoms with E-state index < -0.39 is 0 Å². The molecule has 148 valence electrons. The zero-order valence-electron chi connectivity index (χ0n) is 16.8. The Kier molecular flexibility index (Phi) is 5.18. The highest BCUT2D eigenvalue weighted by Crippen LogP contribution is 2.26. The topological polar surface area (TPSA) is 103 Å². The maximum absolute atomic E-state index is 12.3. The van der Waals surface area contributed by atoms with Gasteiger partial charge in [0, 0.05) is 18.1 Å². The van der Waals surface area contributed by atoms with Gasteiger partial charge in [0.2, 0.25) is 11.8 Å². The lowest BCUT2D eigenvalue weighted by molar-refractivity contribution is 0.0919. The molecule has 3 N–H and O–H groups in total. The Morgan fingerprint density at radius 3 is 2.36 bits per heavy atom. The van der Waals surface area contributed by atoms with Crippen molar-refractivity contribution in [3.63, 3.8) is 0 Å². The van der Waals surface area contributed by atoms with Crippen molar-refractivity contribution >= 4 is 22.9 Å². The third kappa shape index (κ3) is 4.54. The number of anilines is 1. The van der Waals surface area contributed by atoms with E-state index in [0.29, 0.717) is 22.5 Å². The van der Waals surface area contributed by atoms with Crippen LogP contribution in [0.25, 0.3) is 22.3 Å². The summed E-state index contributed by atoms with van der Waals surface area (Å²) in [5.41, 5.74) is 8.86. The number of amides is 1. The first-order valence-corrected chi connectivity index (χ1v) is 9.16. The monoisotopic (exact) mass is 381 g/mol. The molecule has 0 aliphatic heterocycles. The van der Waals surface area contributed by atoms with Crippen LogP contribution in [0.5, 0.6) is 5.88 Å². The van der Waals surface area contributed by atoms with Crippen molar-refractivity contribution < 1.29 is 11.0 Å². The molecule has 3 rings (SSSR count). The highest BCUT2D eigenvalue weighted by atomic mass is 16.5. The summed E-state index contributed by atoms with van der Waals surface area (Å²) >= 11 is 0. The molecule has 7 heteroatoms. The highest BCUT2D eigenvalue weighted by Gasteiger charge is 2.16. The number of nitrogen functional groups attached to an aromatic ring is 1. The Labute approximate surface area is 165 Å². The fraction of sp³-hybridized carbons (Fsp3) is 0.333. The van der Waals surface area contributed by atoms with Crippen molar-refractivity contribution in [2.45, 2.75) is 46.3 Å². The summed E-state index contributed by atoms with van der Waals surface area (Å²) in [6, 6.07) is 11.0. The van der Waals surface area contributed by atoms with Crippen molar-refractivity contribution in [2.24, 2.45) is 0 Å². The second-order valence-corrected chi connectivity index (χ2v) is 7.90. The second kappa shape index (κ2) is 7.42. The number of pyridine rings is 1. The van der Waals surface area contributed by atoms with Gasteiger partial charge in [-0.15, -0.1) is 0 Å². The molecule has 7 nitrogen and oxygen atoms in total. The van der Waals surface area contributed by atoms with Crippen LogP contribution in [0.1, 0.15) is 46.4 Å². The van der Waals surface area contributed by atoms with Gasteiger partial charge in [0.15, 0.2) is 5.52 Å². The molecule has 3 aromatic rings. The average molecular weight is 381 g/mol. The van der Waals surface area contributed by atoms with E-state index in [4.69, 9.17) is 10.5 Å². The number of nitrogens with two attached hydrogens (primary N) is 1. The number of aromatic nitrogens is 3. The zero-order chi connectivity index (χ0) is 20.5. The van der Waals surface area contributed by atoms with Gasteiger partial charge in [-0.2, -0.15) is 4.98 Å². The first-order valence-electron chi connectivity index (χ1n) is 9.16. The van der Waals surface area contributed by atoms with E-state index in [1.807, 2.05) is 58.9 Å². The molecule has 0 atom stereocenters. The van der Waals surface area contributed by atoms with Crippen LogP contribution in [-0.2, 0) is 0 Å². The van der Waals surface area contributed by atoms with Gasteiger partial charge in [-0.3, -0.25) is 4.79 Å². The summed E-state index contributed by atoms with van der Waals surface area (Å²) in [7, 11) is 0. The lowest BCUT2D eigenvalue weighted by atomic mass is 10.1. The summed E-state index contributed by atoms with van der Waals surface area (Å²) < 4.78 is 5.75. The van der Waals surface area contributed by atoms with E-state index >= 15 is 0 Å². The van der Waals surface area contributed by atoms with Crippen molar-refractivity contribution in [3.8, 4) is 17.1 Å². The molecule has 0 aliphatic carbocycles. The Morgan fingerprint density at radius 1 is 1.07 bits per heavy atom. The molecule has 1 aromatic carbocycles. The summed E-state index contributed by atoms with van der Waals surface area (Å²) in [5.74, 6) is 0.398. The van der Waals surface area contributed by atoms with E-state index in [0.717, 1.165) is 11.3 Å². The largest absolute Gasteiger partial charge is 0.473 e. The molecule has 0 unspecified atom stereocenters. The van der Waals surface area contributed by atoms with Gasteiger partial charge in [0.25, 0.3) is 5.91 Å².